The topological polar surface area (TPSA) is 43.6 Å². The highest BCUT2D eigenvalue weighted by molar-refractivity contribution is 6.06. The van der Waals surface area contributed by atoms with Crippen molar-refractivity contribution in [1.29, 1.82) is 0 Å². The predicted octanol–water partition coefficient (Wildman–Crippen LogP) is 4.54. The first-order valence-electron chi connectivity index (χ1n) is 8.65. The molecule has 0 aliphatic carbocycles. The Morgan fingerprint density at radius 3 is 2.24 bits per heavy atom. The van der Waals surface area contributed by atoms with Gasteiger partial charge in [-0.15, -0.1) is 0 Å². The molecule has 4 heteroatoms. The fraction of sp³-hybridized carbons (Fsp3) is 0.286. The maximum Gasteiger partial charge on any atom is 0.141 e. The molecule has 0 amide bonds. The largest absolute Gasteiger partial charge is 0.290 e. The molecule has 0 bridgehead atoms. The first-order valence-corrected chi connectivity index (χ1v) is 8.65. The maximum absolute atomic E-state index is 4.79. The van der Waals surface area contributed by atoms with Crippen LogP contribution in [0.5, 0.6) is 0 Å². The van der Waals surface area contributed by atoms with Crippen LogP contribution >= 0.6 is 0 Å². The minimum Gasteiger partial charge on any atom is -0.290 e. The van der Waals surface area contributed by atoms with E-state index in [-0.39, 0.29) is 10.8 Å². The van der Waals surface area contributed by atoms with Crippen molar-refractivity contribution in [2.24, 2.45) is 0 Å². The minimum absolute atomic E-state index is 0.0849. The van der Waals surface area contributed by atoms with Crippen molar-refractivity contribution in [3.05, 3.63) is 60.0 Å². The van der Waals surface area contributed by atoms with Gasteiger partial charge in [0.15, 0.2) is 0 Å². The number of fused-ring (bicyclic) bond motifs is 5. The summed E-state index contributed by atoms with van der Waals surface area (Å²) in [7, 11) is 0. The lowest BCUT2D eigenvalue weighted by atomic mass is 9.61. The van der Waals surface area contributed by atoms with E-state index >= 15 is 0 Å². The Balaban J connectivity index is 2.14. The maximum atomic E-state index is 4.79. The van der Waals surface area contributed by atoms with Crippen molar-refractivity contribution in [3.63, 3.8) is 0 Å². The summed E-state index contributed by atoms with van der Waals surface area (Å²) < 4.78 is 2.26. The molecule has 4 nitrogen and oxygen atoms in total. The zero-order chi connectivity index (χ0) is 17.4. The zero-order valence-electron chi connectivity index (χ0n) is 14.9. The average Bonchev–Trinajstić information content (AvgIpc) is 2.93. The van der Waals surface area contributed by atoms with Gasteiger partial charge in [-0.2, -0.15) is 0 Å². The first-order chi connectivity index (χ1) is 11.9. The molecule has 124 valence electrons. The number of aromatic nitrogens is 4. The molecular formula is C21H20N4. The zero-order valence-corrected chi connectivity index (χ0v) is 14.9. The lowest BCUT2D eigenvalue weighted by Crippen LogP contribution is -2.40. The predicted molar refractivity (Wildman–Crippen MR) is 100 cm³/mol. The number of hydrogen-bond acceptors (Lipinski definition) is 3. The van der Waals surface area contributed by atoms with Gasteiger partial charge in [0.05, 0.1) is 11.0 Å². The Hall–Kier alpha value is -2.75. The van der Waals surface area contributed by atoms with Crippen molar-refractivity contribution >= 4 is 22.1 Å². The summed E-state index contributed by atoms with van der Waals surface area (Å²) in [4.78, 5) is 14.1. The standard InChI is InChI=1S/C21H20N4/c1-20(2)13-9-12-23-17-16-15(8-6-10-22-16)25(18(13)17)19-14(21(20,3)4)7-5-11-24-19/h5-12H,1-4H3. The summed E-state index contributed by atoms with van der Waals surface area (Å²) in [6, 6.07) is 10.5. The average molecular weight is 328 g/mol. The van der Waals surface area contributed by atoms with Crippen LogP contribution in [0.15, 0.2) is 48.9 Å². The summed E-state index contributed by atoms with van der Waals surface area (Å²) in [5.74, 6) is 0.986. The van der Waals surface area contributed by atoms with Crippen molar-refractivity contribution in [3.8, 4) is 5.82 Å². The van der Waals surface area contributed by atoms with Crippen LogP contribution in [0, 0.1) is 0 Å². The third-order valence-electron chi connectivity index (χ3n) is 6.31. The second-order valence-electron chi connectivity index (χ2n) is 7.89. The van der Waals surface area contributed by atoms with Crippen LogP contribution < -0.4 is 0 Å². The van der Waals surface area contributed by atoms with Gasteiger partial charge in [-0.1, -0.05) is 33.8 Å². The highest BCUT2D eigenvalue weighted by Crippen LogP contribution is 2.50. The number of nitrogens with zero attached hydrogens (tertiary/aromatic N) is 4. The molecule has 4 aromatic heterocycles. The SMILES string of the molecule is CC1(C)c2cccnc2-n2c3cccnc3c3nccc(c32)C1(C)C. The van der Waals surface area contributed by atoms with Crippen molar-refractivity contribution in [2.45, 2.75) is 38.5 Å². The second-order valence-corrected chi connectivity index (χ2v) is 7.89. The molecule has 25 heavy (non-hydrogen) atoms. The molecule has 0 N–H and O–H groups in total. The molecule has 0 unspecified atom stereocenters. The van der Waals surface area contributed by atoms with E-state index in [1.165, 1.54) is 11.1 Å². The van der Waals surface area contributed by atoms with Gasteiger partial charge in [-0.25, -0.2) is 4.98 Å². The third-order valence-corrected chi connectivity index (χ3v) is 6.31. The summed E-state index contributed by atoms with van der Waals surface area (Å²) in [5, 5.41) is 0. The van der Waals surface area contributed by atoms with E-state index in [0.29, 0.717) is 0 Å². The second kappa shape index (κ2) is 4.45. The Morgan fingerprint density at radius 1 is 0.720 bits per heavy atom. The molecule has 0 aromatic carbocycles. The van der Waals surface area contributed by atoms with Crippen LogP contribution in [0.1, 0.15) is 38.8 Å². The van der Waals surface area contributed by atoms with E-state index in [0.717, 1.165) is 27.9 Å². The molecule has 0 radical (unpaired) electrons. The fourth-order valence-electron chi connectivity index (χ4n) is 4.19. The monoisotopic (exact) mass is 328 g/mol. The number of pyridine rings is 3. The molecule has 0 saturated heterocycles. The normalized spacial score (nSPS) is 17.4. The van der Waals surface area contributed by atoms with Gasteiger partial charge >= 0.3 is 0 Å². The fourth-order valence-corrected chi connectivity index (χ4v) is 4.19. The Kier molecular flexibility index (Phi) is 2.60. The summed E-state index contributed by atoms with van der Waals surface area (Å²) >= 11 is 0. The molecule has 1 aliphatic rings. The Morgan fingerprint density at radius 2 is 1.40 bits per heavy atom. The lowest BCUT2D eigenvalue weighted by Gasteiger charge is -2.41. The smallest absolute Gasteiger partial charge is 0.141 e. The van der Waals surface area contributed by atoms with E-state index in [1.54, 1.807) is 0 Å². The van der Waals surface area contributed by atoms with Gasteiger partial charge in [-0.05, 0) is 29.8 Å². The highest BCUT2D eigenvalue weighted by atomic mass is 15.1. The van der Waals surface area contributed by atoms with Crippen LogP contribution in [0.3, 0.4) is 0 Å². The highest BCUT2D eigenvalue weighted by Gasteiger charge is 2.45. The number of hydrogen-bond donors (Lipinski definition) is 0. The van der Waals surface area contributed by atoms with E-state index in [9.17, 15) is 0 Å². The summed E-state index contributed by atoms with van der Waals surface area (Å²) in [6.07, 6.45) is 5.62. The minimum atomic E-state index is -0.0887. The van der Waals surface area contributed by atoms with Crippen LogP contribution in [0.25, 0.3) is 27.9 Å². The first kappa shape index (κ1) is 14.6. The summed E-state index contributed by atoms with van der Waals surface area (Å²) in [6.45, 7) is 9.26. The quantitative estimate of drug-likeness (QED) is 0.476. The van der Waals surface area contributed by atoms with Gasteiger partial charge in [0, 0.05) is 35.0 Å². The van der Waals surface area contributed by atoms with Gasteiger partial charge in [0.25, 0.3) is 0 Å². The van der Waals surface area contributed by atoms with Gasteiger partial charge in [-0.3, -0.25) is 14.5 Å². The molecule has 5 heterocycles. The van der Waals surface area contributed by atoms with Crippen molar-refractivity contribution in [1.82, 2.24) is 19.5 Å². The van der Waals surface area contributed by atoms with Gasteiger partial charge < -0.3 is 0 Å². The van der Waals surface area contributed by atoms with E-state index in [1.807, 2.05) is 30.7 Å². The molecule has 0 spiro atoms. The van der Waals surface area contributed by atoms with Crippen LogP contribution in [-0.4, -0.2) is 19.5 Å². The van der Waals surface area contributed by atoms with Crippen LogP contribution in [0.4, 0.5) is 0 Å². The number of rotatable bonds is 0. The summed E-state index contributed by atoms with van der Waals surface area (Å²) in [5.41, 5.74) is 6.45. The molecule has 5 rings (SSSR count). The Labute approximate surface area is 146 Å². The molecule has 4 aromatic rings. The third kappa shape index (κ3) is 1.60. The Bertz CT molecular complexity index is 1150. The van der Waals surface area contributed by atoms with E-state index in [2.05, 4.69) is 60.4 Å². The lowest BCUT2D eigenvalue weighted by molar-refractivity contribution is 0.306. The van der Waals surface area contributed by atoms with Gasteiger partial charge in [0.2, 0.25) is 0 Å². The molecule has 0 atom stereocenters. The van der Waals surface area contributed by atoms with Crippen molar-refractivity contribution in [2.75, 3.05) is 0 Å². The van der Waals surface area contributed by atoms with Crippen LogP contribution in [-0.2, 0) is 10.8 Å². The molecule has 0 saturated carbocycles. The molecular weight excluding hydrogens is 308 g/mol. The van der Waals surface area contributed by atoms with Crippen LogP contribution in [0.2, 0.25) is 0 Å². The van der Waals surface area contributed by atoms with E-state index in [4.69, 9.17) is 4.98 Å². The molecule has 1 aliphatic heterocycles. The van der Waals surface area contributed by atoms with Crippen molar-refractivity contribution < 1.29 is 0 Å². The van der Waals surface area contributed by atoms with E-state index < -0.39 is 0 Å². The van der Waals surface area contributed by atoms with Gasteiger partial charge in [0.1, 0.15) is 16.9 Å². The molecule has 0 fully saturated rings.